The van der Waals surface area contributed by atoms with E-state index < -0.39 is 0 Å². The lowest BCUT2D eigenvalue weighted by Gasteiger charge is -2.35. The van der Waals surface area contributed by atoms with Crippen molar-refractivity contribution in [2.75, 3.05) is 19.6 Å². The van der Waals surface area contributed by atoms with E-state index >= 15 is 0 Å². The molecule has 2 N–H and O–H groups in total. The summed E-state index contributed by atoms with van der Waals surface area (Å²) in [5.41, 5.74) is 5.33. The first-order valence-corrected chi connectivity index (χ1v) is 4.76. The highest BCUT2D eigenvalue weighted by Gasteiger charge is 2.24. The lowest BCUT2D eigenvalue weighted by atomic mass is 10.2. The quantitative estimate of drug-likeness (QED) is 0.659. The average molecular weight is 186 g/mol. The van der Waals surface area contributed by atoms with Crippen LogP contribution in [0.4, 0.5) is 0 Å². The van der Waals surface area contributed by atoms with Crippen molar-refractivity contribution in [1.29, 1.82) is 0 Å². The van der Waals surface area contributed by atoms with Gasteiger partial charge in [0.25, 0.3) is 0 Å². The number of rotatable bonds is 2. The number of ether oxygens (including phenoxy) is 1. The van der Waals surface area contributed by atoms with Gasteiger partial charge in [-0.25, -0.2) is 0 Å². The second-order valence-corrected chi connectivity index (χ2v) is 3.59. The zero-order chi connectivity index (χ0) is 9.84. The summed E-state index contributed by atoms with van der Waals surface area (Å²) in [6.45, 7) is 5.79. The van der Waals surface area contributed by atoms with Crippen LogP contribution < -0.4 is 5.73 Å². The highest BCUT2D eigenvalue weighted by molar-refractivity contribution is 5.76. The second-order valence-electron chi connectivity index (χ2n) is 3.59. The van der Waals surface area contributed by atoms with E-state index in [2.05, 4.69) is 0 Å². The fraction of sp³-hybridized carbons (Fsp3) is 0.889. The minimum atomic E-state index is 0.143. The molecule has 1 aliphatic heterocycles. The largest absolute Gasteiger partial charge is 0.372 e. The molecule has 0 aliphatic carbocycles. The van der Waals surface area contributed by atoms with E-state index in [-0.39, 0.29) is 18.1 Å². The van der Waals surface area contributed by atoms with E-state index in [1.807, 2.05) is 18.7 Å². The van der Waals surface area contributed by atoms with Crippen LogP contribution in [0, 0.1) is 0 Å². The molecule has 0 radical (unpaired) electrons. The molecule has 1 aliphatic rings. The van der Waals surface area contributed by atoms with Gasteiger partial charge in [-0.2, -0.15) is 0 Å². The van der Waals surface area contributed by atoms with Crippen LogP contribution in [0.2, 0.25) is 0 Å². The van der Waals surface area contributed by atoms with Crippen LogP contribution in [0.1, 0.15) is 20.3 Å². The Balaban J connectivity index is 2.45. The van der Waals surface area contributed by atoms with Gasteiger partial charge < -0.3 is 15.4 Å². The monoisotopic (exact) mass is 186 g/mol. The highest BCUT2D eigenvalue weighted by Crippen LogP contribution is 2.11. The third kappa shape index (κ3) is 2.97. The van der Waals surface area contributed by atoms with Gasteiger partial charge in [0.15, 0.2) is 0 Å². The summed E-state index contributed by atoms with van der Waals surface area (Å²) in [6.07, 6.45) is 0.732. The van der Waals surface area contributed by atoms with E-state index in [1.165, 1.54) is 0 Å². The molecular formula is C9H18N2O2. The number of carbonyl (C=O) groups excluding carboxylic acids is 1. The molecule has 0 spiro atoms. The van der Waals surface area contributed by atoms with Gasteiger partial charge in [-0.1, -0.05) is 0 Å². The first-order chi connectivity index (χ1) is 6.13. The summed E-state index contributed by atoms with van der Waals surface area (Å²) >= 11 is 0. The predicted octanol–water partition coefficient (Wildman–Crippen LogP) is -0.0290. The summed E-state index contributed by atoms with van der Waals surface area (Å²) < 4.78 is 5.52. The minimum Gasteiger partial charge on any atom is -0.372 e. The van der Waals surface area contributed by atoms with E-state index in [9.17, 15) is 4.79 Å². The number of amides is 1. The highest BCUT2D eigenvalue weighted by atomic mass is 16.5. The van der Waals surface area contributed by atoms with Gasteiger partial charge in [0.05, 0.1) is 12.2 Å². The summed E-state index contributed by atoms with van der Waals surface area (Å²) in [7, 11) is 0. The van der Waals surface area contributed by atoms with Crippen molar-refractivity contribution in [2.24, 2.45) is 5.73 Å². The number of carbonyl (C=O) groups is 1. The predicted molar refractivity (Wildman–Crippen MR) is 50.3 cm³/mol. The molecule has 0 aromatic rings. The maximum absolute atomic E-state index is 11.5. The van der Waals surface area contributed by atoms with E-state index in [0.717, 1.165) is 0 Å². The molecule has 0 saturated carbocycles. The van der Waals surface area contributed by atoms with Crippen molar-refractivity contribution in [3.8, 4) is 0 Å². The molecule has 1 fully saturated rings. The molecule has 2 unspecified atom stereocenters. The second kappa shape index (κ2) is 4.58. The smallest absolute Gasteiger partial charge is 0.224 e. The SMILES string of the molecule is CC1CN(C(=O)CCN)CC(C)O1. The number of nitrogens with two attached hydrogens (primary N) is 1. The van der Waals surface area contributed by atoms with E-state index in [4.69, 9.17) is 10.5 Å². The van der Waals surface area contributed by atoms with Crippen LogP contribution in [0.15, 0.2) is 0 Å². The van der Waals surface area contributed by atoms with Gasteiger partial charge >= 0.3 is 0 Å². The molecule has 76 valence electrons. The third-order valence-electron chi connectivity index (χ3n) is 2.13. The Morgan fingerprint density at radius 2 is 2.00 bits per heavy atom. The van der Waals surface area contributed by atoms with E-state index in [0.29, 0.717) is 26.1 Å². The summed E-state index contributed by atoms with van der Waals surface area (Å²) in [4.78, 5) is 13.3. The molecule has 1 amide bonds. The maximum Gasteiger partial charge on any atom is 0.224 e. The molecule has 2 atom stereocenters. The van der Waals surface area contributed by atoms with Crippen molar-refractivity contribution in [3.05, 3.63) is 0 Å². The van der Waals surface area contributed by atoms with Gasteiger partial charge in [-0.05, 0) is 13.8 Å². The Morgan fingerprint density at radius 1 is 1.46 bits per heavy atom. The summed E-state index contributed by atoms with van der Waals surface area (Å²) in [5, 5.41) is 0. The van der Waals surface area contributed by atoms with E-state index in [1.54, 1.807) is 0 Å². The lowest BCUT2D eigenvalue weighted by Crippen LogP contribution is -2.48. The first-order valence-electron chi connectivity index (χ1n) is 4.76. The van der Waals surface area contributed by atoms with Gasteiger partial charge in [-0.3, -0.25) is 4.79 Å². The Morgan fingerprint density at radius 3 is 2.46 bits per heavy atom. The molecule has 13 heavy (non-hydrogen) atoms. The molecule has 1 saturated heterocycles. The Kier molecular flexibility index (Phi) is 3.69. The average Bonchev–Trinajstić information content (AvgIpc) is 2.03. The van der Waals surface area contributed by atoms with Crippen molar-refractivity contribution in [2.45, 2.75) is 32.5 Å². The topological polar surface area (TPSA) is 55.6 Å². The molecule has 0 aromatic heterocycles. The lowest BCUT2D eigenvalue weighted by molar-refractivity contribution is -0.142. The molecule has 1 heterocycles. The maximum atomic E-state index is 11.5. The normalized spacial score (nSPS) is 29.0. The van der Waals surface area contributed by atoms with Crippen LogP contribution >= 0.6 is 0 Å². The fourth-order valence-corrected chi connectivity index (χ4v) is 1.66. The summed E-state index contributed by atoms with van der Waals surface area (Å²) in [5.74, 6) is 0.143. The fourth-order valence-electron chi connectivity index (χ4n) is 1.66. The van der Waals surface area contributed by atoms with Gasteiger partial charge in [-0.15, -0.1) is 0 Å². The number of hydrogen-bond donors (Lipinski definition) is 1. The van der Waals surface area contributed by atoms with Gasteiger partial charge in [0.1, 0.15) is 0 Å². The molecule has 1 rings (SSSR count). The zero-order valence-electron chi connectivity index (χ0n) is 8.32. The van der Waals surface area contributed by atoms with Crippen LogP contribution in [0.5, 0.6) is 0 Å². The van der Waals surface area contributed by atoms with Crippen molar-refractivity contribution in [1.82, 2.24) is 4.90 Å². The third-order valence-corrected chi connectivity index (χ3v) is 2.13. The number of nitrogens with zero attached hydrogens (tertiary/aromatic N) is 1. The molecular weight excluding hydrogens is 168 g/mol. The molecule has 0 bridgehead atoms. The number of hydrogen-bond acceptors (Lipinski definition) is 3. The first kappa shape index (κ1) is 10.5. The van der Waals surface area contributed by atoms with Crippen molar-refractivity contribution < 1.29 is 9.53 Å². The standard InChI is InChI=1S/C9H18N2O2/c1-7-5-11(6-8(2)13-7)9(12)3-4-10/h7-8H,3-6,10H2,1-2H3. The van der Waals surface area contributed by atoms with Crippen LogP contribution in [-0.2, 0) is 9.53 Å². The van der Waals surface area contributed by atoms with Crippen LogP contribution in [-0.4, -0.2) is 42.6 Å². The minimum absolute atomic E-state index is 0.143. The summed E-state index contributed by atoms with van der Waals surface area (Å²) in [6, 6.07) is 0. The zero-order valence-corrected chi connectivity index (χ0v) is 8.32. The molecule has 0 aromatic carbocycles. The van der Waals surface area contributed by atoms with Crippen molar-refractivity contribution >= 4 is 5.91 Å². The van der Waals surface area contributed by atoms with Crippen LogP contribution in [0.25, 0.3) is 0 Å². The van der Waals surface area contributed by atoms with Gasteiger partial charge in [0, 0.05) is 26.1 Å². The number of morpholine rings is 1. The van der Waals surface area contributed by atoms with Gasteiger partial charge in [0.2, 0.25) is 5.91 Å². The Labute approximate surface area is 79.0 Å². The van der Waals surface area contributed by atoms with Crippen LogP contribution in [0.3, 0.4) is 0 Å². The van der Waals surface area contributed by atoms with Crippen molar-refractivity contribution in [3.63, 3.8) is 0 Å². The molecule has 4 nitrogen and oxygen atoms in total. The molecule has 4 heteroatoms. The Bertz CT molecular complexity index is 174. The Hall–Kier alpha value is -0.610.